The maximum atomic E-state index is 12.8. The van der Waals surface area contributed by atoms with E-state index in [1.165, 1.54) is 17.2 Å². The van der Waals surface area contributed by atoms with Crippen LogP contribution in [0.2, 0.25) is 10.0 Å². The van der Waals surface area contributed by atoms with Gasteiger partial charge in [-0.15, -0.1) is 0 Å². The third kappa shape index (κ3) is 6.54. The van der Waals surface area contributed by atoms with Gasteiger partial charge in [-0.1, -0.05) is 23.2 Å². The molecule has 10 heteroatoms. The molecule has 34 heavy (non-hydrogen) atoms. The number of amides is 3. The molecule has 0 spiro atoms. The quantitative estimate of drug-likeness (QED) is 0.501. The van der Waals surface area contributed by atoms with Gasteiger partial charge in [-0.25, -0.2) is 4.98 Å². The number of nitrogens with one attached hydrogen (secondary N) is 2. The average Bonchev–Trinajstić information content (AvgIpc) is 2.80. The van der Waals surface area contributed by atoms with Crippen molar-refractivity contribution >= 4 is 58.1 Å². The molecule has 0 aliphatic carbocycles. The molecule has 0 aliphatic heterocycles. The number of aromatic nitrogens is 1. The number of anilines is 3. The van der Waals surface area contributed by atoms with Crippen molar-refractivity contribution < 1.29 is 14.4 Å². The van der Waals surface area contributed by atoms with E-state index in [1.54, 1.807) is 60.5 Å². The zero-order chi connectivity index (χ0) is 24.8. The number of likely N-dealkylation sites (N-methyl/N-ethyl adjacent to an activating group) is 2. The Balaban J connectivity index is 1.75. The largest absolute Gasteiger partial charge is 0.321 e. The van der Waals surface area contributed by atoms with Crippen LogP contribution >= 0.6 is 23.2 Å². The summed E-state index contributed by atoms with van der Waals surface area (Å²) in [4.78, 5) is 45.2. The maximum absolute atomic E-state index is 12.8. The average molecular weight is 500 g/mol. The number of halogens is 2. The van der Waals surface area contributed by atoms with Crippen molar-refractivity contribution in [2.75, 3.05) is 43.2 Å². The highest BCUT2D eigenvalue weighted by Gasteiger charge is 2.17. The molecule has 0 fully saturated rings. The molecule has 3 aromatic rings. The second-order valence-corrected chi connectivity index (χ2v) is 8.57. The molecule has 0 saturated carbocycles. The van der Waals surface area contributed by atoms with Crippen LogP contribution in [0.4, 0.5) is 17.2 Å². The Morgan fingerprint density at radius 1 is 0.853 bits per heavy atom. The molecule has 0 atom stereocenters. The summed E-state index contributed by atoms with van der Waals surface area (Å²) in [5, 5.41) is 6.16. The van der Waals surface area contributed by atoms with Crippen molar-refractivity contribution in [1.29, 1.82) is 0 Å². The highest BCUT2D eigenvalue weighted by Crippen LogP contribution is 2.23. The Morgan fingerprint density at radius 2 is 1.53 bits per heavy atom. The van der Waals surface area contributed by atoms with Crippen LogP contribution in [-0.2, 0) is 4.79 Å². The van der Waals surface area contributed by atoms with E-state index in [9.17, 15) is 14.4 Å². The molecular weight excluding hydrogens is 477 g/mol. The first-order valence-electron chi connectivity index (χ1n) is 10.2. The summed E-state index contributed by atoms with van der Waals surface area (Å²) >= 11 is 11.9. The van der Waals surface area contributed by atoms with Crippen LogP contribution in [0.1, 0.15) is 20.7 Å². The van der Waals surface area contributed by atoms with E-state index in [4.69, 9.17) is 23.2 Å². The Bertz CT molecular complexity index is 1200. The highest BCUT2D eigenvalue weighted by molar-refractivity contribution is 6.31. The van der Waals surface area contributed by atoms with Gasteiger partial charge in [0.05, 0.1) is 22.8 Å². The van der Waals surface area contributed by atoms with Crippen LogP contribution in [0.25, 0.3) is 0 Å². The summed E-state index contributed by atoms with van der Waals surface area (Å²) in [6, 6.07) is 14.3. The van der Waals surface area contributed by atoms with E-state index in [2.05, 4.69) is 15.6 Å². The van der Waals surface area contributed by atoms with Crippen LogP contribution in [0.15, 0.2) is 60.8 Å². The molecule has 0 radical (unpaired) electrons. The smallest absolute Gasteiger partial charge is 0.258 e. The molecule has 1 heterocycles. The van der Waals surface area contributed by atoms with Crippen LogP contribution in [0, 0.1) is 0 Å². The van der Waals surface area contributed by atoms with Crippen molar-refractivity contribution in [2.24, 2.45) is 0 Å². The van der Waals surface area contributed by atoms with Crippen LogP contribution in [0.3, 0.4) is 0 Å². The lowest BCUT2D eigenvalue weighted by atomic mass is 10.1. The van der Waals surface area contributed by atoms with Gasteiger partial charge in [-0.3, -0.25) is 14.4 Å². The minimum Gasteiger partial charge on any atom is -0.321 e. The Hall–Kier alpha value is -3.46. The fourth-order valence-corrected chi connectivity index (χ4v) is 3.28. The first-order valence-corrected chi connectivity index (χ1v) is 10.9. The number of carbonyl (C=O) groups excluding carboxylic acids is 3. The van der Waals surface area contributed by atoms with E-state index in [0.29, 0.717) is 27.1 Å². The predicted octanol–water partition coefficient (Wildman–Crippen LogP) is 4.42. The SMILES string of the molecule is CN(C)CC(=O)N(C)c1ccc(C(=O)Nc2ccc(Cl)cc2C(=O)Nc2ccc(Cl)cn2)cc1. The Kier molecular flexibility index (Phi) is 8.22. The predicted molar refractivity (Wildman–Crippen MR) is 135 cm³/mol. The highest BCUT2D eigenvalue weighted by atomic mass is 35.5. The van der Waals surface area contributed by atoms with Crippen molar-refractivity contribution in [2.45, 2.75) is 0 Å². The van der Waals surface area contributed by atoms with Gasteiger partial charge in [0.15, 0.2) is 0 Å². The first-order chi connectivity index (χ1) is 16.1. The third-order valence-electron chi connectivity index (χ3n) is 4.79. The molecule has 2 N–H and O–H groups in total. The lowest BCUT2D eigenvalue weighted by Gasteiger charge is -2.20. The molecule has 0 bridgehead atoms. The lowest BCUT2D eigenvalue weighted by Crippen LogP contribution is -2.35. The Labute approximate surface area is 207 Å². The number of nitrogens with zero attached hydrogens (tertiary/aromatic N) is 3. The normalized spacial score (nSPS) is 10.6. The van der Waals surface area contributed by atoms with E-state index in [1.807, 2.05) is 14.1 Å². The number of hydrogen-bond acceptors (Lipinski definition) is 5. The van der Waals surface area contributed by atoms with E-state index in [0.717, 1.165) is 0 Å². The minimum absolute atomic E-state index is 0.0748. The van der Waals surface area contributed by atoms with Crippen molar-refractivity contribution in [3.8, 4) is 0 Å². The summed E-state index contributed by atoms with van der Waals surface area (Å²) in [6.45, 7) is 0.270. The lowest BCUT2D eigenvalue weighted by molar-refractivity contribution is -0.118. The monoisotopic (exact) mass is 499 g/mol. The minimum atomic E-state index is -0.496. The van der Waals surface area contributed by atoms with Gasteiger partial charge in [0.25, 0.3) is 11.8 Å². The molecule has 0 saturated heterocycles. The zero-order valence-electron chi connectivity index (χ0n) is 18.8. The number of pyridine rings is 1. The van der Waals surface area contributed by atoms with Gasteiger partial charge >= 0.3 is 0 Å². The standard InChI is InChI=1S/C24H23Cl2N5O3/c1-30(2)14-22(32)31(3)18-8-4-15(5-9-18)23(33)28-20-10-6-16(25)12-19(20)24(34)29-21-11-7-17(26)13-27-21/h4-13H,14H2,1-3H3,(H,28,33)(H,27,29,34). The zero-order valence-corrected chi connectivity index (χ0v) is 20.3. The fourth-order valence-electron chi connectivity index (χ4n) is 3.00. The molecular formula is C24H23Cl2N5O3. The number of carbonyl (C=O) groups is 3. The van der Waals surface area contributed by atoms with Gasteiger partial charge in [-0.05, 0) is 68.7 Å². The van der Waals surface area contributed by atoms with Gasteiger partial charge in [0.2, 0.25) is 5.91 Å². The molecule has 0 aliphatic rings. The van der Waals surface area contributed by atoms with E-state index in [-0.39, 0.29) is 23.7 Å². The summed E-state index contributed by atoms with van der Waals surface area (Å²) < 4.78 is 0. The van der Waals surface area contributed by atoms with Gasteiger partial charge < -0.3 is 20.4 Å². The van der Waals surface area contributed by atoms with Crippen molar-refractivity contribution in [1.82, 2.24) is 9.88 Å². The molecule has 2 aromatic carbocycles. The molecule has 3 rings (SSSR count). The molecule has 176 valence electrons. The van der Waals surface area contributed by atoms with Crippen molar-refractivity contribution in [3.63, 3.8) is 0 Å². The van der Waals surface area contributed by atoms with Crippen LogP contribution in [0.5, 0.6) is 0 Å². The fraction of sp³-hybridized carbons (Fsp3) is 0.167. The molecule has 0 unspecified atom stereocenters. The van der Waals surface area contributed by atoms with Crippen molar-refractivity contribution in [3.05, 3.63) is 82.0 Å². The maximum Gasteiger partial charge on any atom is 0.258 e. The van der Waals surface area contributed by atoms with Gasteiger partial charge in [-0.2, -0.15) is 0 Å². The summed E-state index contributed by atoms with van der Waals surface area (Å²) in [6.07, 6.45) is 1.41. The number of hydrogen-bond donors (Lipinski definition) is 2. The third-order valence-corrected chi connectivity index (χ3v) is 5.24. The van der Waals surface area contributed by atoms with Gasteiger partial charge in [0.1, 0.15) is 5.82 Å². The summed E-state index contributed by atoms with van der Waals surface area (Å²) in [5.74, 6) is -0.691. The first kappa shape index (κ1) is 25.2. The van der Waals surface area contributed by atoms with Crippen LogP contribution < -0.4 is 15.5 Å². The summed E-state index contributed by atoms with van der Waals surface area (Å²) in [5.41, 5.74) is 1.47. The number of rotatable bonds is 7. The molecule has 8 nitrogen and oxygen atoms in total. The number of benzene rings is 2. The summed E-state index contributed by atoms with van der Waals surface area (Å²) in [7, 11) is 5.31. The van der Waals surface area contributed by atoms with Gasteiger partial charge in [0, 0.05) is 29.5 Å². The second-order valence-electron chi connectivity index (χ2n) is 7.70. The molecule has 3 amide bonds. The second kappa shape index (κ2) is 11.1. The molecule has 1 aromatic heterocycles. The van der Waals surface area contributed by atoms with E-state index < -0.39 is 11.8 Å². The van der Waals surface area contributed by atoms with Crippen LogP contribution in [-0.4, -0.2) is 55.3 Å². The topological polar surface area (TPSA) is 94.6 Å². The van der Waals surface area contributed by atoms with E-state index >= 15 is 0 Å². The Morgan fingerprint density at radius 3 is 2.15 bits per heavy atom.